The quantitative estimate of drug-likeness (QED) is 0.538. The zero-order valence-electron chi connectivity index (χ0n) is 19.7. The molecule has 1 aliphatic heterocycles. The van der Waals surface area contributed by atoms with Crippen molar-refractivity contribution in [2.24, 2.45) is 0 Å². The Morgan fingerprint density at radius 3 is 2.65 bits per heavy atom. The van der Waals surface area contributed by atoms with Gasteiger partial charge in [-0.3, -0.25) is 14.5 Å². The van der Waals surface area contributed by atoms with E-state index in [4.69, 9.17) is 4.74 Å². The first-order valence-electron chi connectivity index (χ1n) is 11.6. The molecule has 1 saturated heterocycles. The van der Waals surface area contributed by atoms with Gasteiger partial charge in [0.25, 0.3) is 5.91 Å². The fraction of sp³-hybridized carbons (Fsp3) is 0.346. The van der Waals surface area contributed by atoms with E-state index in [0.29, 0.717) is 18.5 Å². The fourth-order valence-electron chi connectivity index (χ4n) is 4.18. The number of amides is 2. The molecule has 0 bridgehead atoms. The number of benzene rings is 1. The van der Waals surface area contributed by atoms with Crippen molar-refractivity contribution in [3.05, 3.63) is 77.2 Å². The zero-order chi connectivity index (χ0) is 23.9. The normalized spacial score (nSPS) is 14.1. The van der Waals surface area contributed by atoms with Crippen LogP contribution in [0.1, 0.15) is 33.7 Å². The predicted octanol–water partition coefficient (Wildman–Crippen LogP) is 3.08. The van der Waals surface area contributed by atoms with Crippen LogP contribution in [0.2, 0.25) is 0 Å². The standard InChI is InChI=1S/C26H31N5O3/c1-19-16-23(20(2)31(19)24-8-3-4-10-27-24)26(33)28-18-21-6-5-7-22(17-21)29-25(32)9-11-30-12-14-34-15-13-30/h3-8,10,16-17H,9,11-15,18H2,1-2H3,(H,28,33)(H,29,32). The number of hydrogen-bond donors (Lipinski definition) is 2. The SMILES string of the molecule is Cc1cc(C(=O)NCc2cccc(NC(=O)CCN3CCOCC3)c2)c(C)n1-c1ccccn1. The molecule has 4 rings (SSSR count). The molecule has 0 aliphatic carbocycles. The molecule has 0 radical (unpaired) electrons. The molecular weight excluding hydrogens is 430 g/mol. The summed E-state index contributed by atoms with van der Waals surface area (Å²) in [5, 5.41) is 5.95. The van der Waals surface area contributed by atoms with Gasteiger partial charge >= 0.3 is 0 Å². The molecule has 178 valence electrons. The average molecular weight is 462 g/mol. The maximum absolute atomic E-state index is 12.9. The van der Waals surface area contributed by atoms with Gasteiger partial charge in [0.1, 0.15) is 5.82 Å². The van der Waals surface area contributed by atoms with Gasteiger partial charge in [0.15, 0.2) is 0 Å². The van der Waals surface area contributed by atoms with E-state index in [1.807, 2.05) is 66.9 Å². The van der Waals surface area contributed by atoms with Crippen LogP contribution in [-0.2, 0) is 16.1 Å². The largest absolute Gasteiger partial charge is 0.379 e. The van der Waals surface area contributed by atoms with Crippen LogP contribution in [0.15, 0.2) is 54.7 Å². The Morgan fingerprint density at radius 2 is 1.88 bits per heavy atom. The number of nitrogens with one attached hydrogen (secondary N) is 2. The van der Waals surface area contributed by atoms with E-state index < -0.39 is 0 Å². The lowest BCUT2D eigenvalue weighted by Gasteiger charge is -2.26. The van der Waals surface area contributed by atoms with E-state index in [2.05, 4.69) is 20.5 Å². The molecule has 0 unspecified atom stereocenters. The van der Waals surface area contributed by atoms with Gasteiger partial charge < -0.3 is 19.9 Å². The number of hydrogen-bond acceptors (Lipinski definition) is 5. The summed E-state index contributed by atoms with van der Waals surface area (Å²) in [7, 11) is 0. The first-order chi connectivity index (χ1) is 16.5. The summed E-state index contributed by atoms with van der Waals surface area (Å²) in [5.74, 6) is 0.624. The Bertz CT molecular complexity index is 1140. The number of aryl methyl sites for hydroxylation is 1. The molecule has 2 aromatic heterocycles. The third-order valence-electron chi connectivity index (χ3n) is 5.98. The summed E-state index contributed by atoms with van der Waals surface area (Å²) in [6.45, 7) is 8.16. The molecule has 3 aromatic rings. The highest BCUT2D eigenvalue weighted by Crippen LogP contribution is 2.19. The Hall–Kier alpha value is -3.49. The van der Waals surface area contributed by atoms with Crippen LogP contribution in [-0.4, -0.2) is 59.1 Å². The monoisotopic (exact) mass is 461 g/mol. The van der Waals surface area contributed by atoms with Crippen LogP contribution >= 0.6 is 0 Å². The molecule has 1 fully saturated rings. The second-order valence-electron chi connectivity index (χ2n) is 8.44. The van der Waals surface area contributed by atoms with Crippen molar-refractivity contribution in [2.45, 2.75) is 26.8 Å². The second-order valence-corrected chi connectivity index (χ2v) is 8.44. The Balaban J connectivity index is 1.33. The number of anilines is 1. The number of carbonyl (C=O) groups is 2. The number of carbonyl (C=O) groups excluding carboxylic acids is 2. The van der Waals surface area contributed by atoms with Crippen molar-refractivity contribution in [3.63, 3.8) is 0 Å². The van der Waals surface area contributed by atoms with Crippen molar-refractivity contribution < 1.29 is 14.3 Å². The summed E-state index contributed by atoms with van der Waals surface area (Å²) in [5.41, 5.74) is 4.05. The van der Waals surface area contributed by atoms with Gasteiger partial charge in [0.05, 0.1) is 18.8 Å². The van der Waals surface area contributed by atoms with E-state index in [1.165, 1.54) is 0 Å². The van der Waals surface area contributed by atoms with Crippen LogP contribution in [0.25, 0.3) is 5.82 Å². The lowest BCUT2D eigenvalue weighted by Crippen LogP contribution is -2.38. The minimum Gasteiger partial charge on any atom is -0.379 e. The minimum atomic E-state index is -0.143. The van der Waals surface area contributed by atoms with Crippen molar-refractivity contribution >= 4 is 17.5 Å². The van der Waals surface area contributed by atoms with Gasteiger partial charge in [0.2, 0.25) is 5.91 Å². The molecule has 2 N–H and O–H groups in total. The maximum atomic E-state index is 12.9. The summed E-state index contributed by atoms with van der Waals surface area (Å²) in [6, 6.07) is 15.2. The van der Waals surface area contributed by atoms with Gasteiger partial charge in [0, 0.05) is 55.9 Å². The summed E-state index contributed by atoms with van der Waals surface area (Å²) >= 11 is 0. The van der Waals surface area contributed by atoms with Gasteiger partial charge in [-0.1, -0.05) is 18.2 Å². The van der Waals surface area contributed by atoms with Crippen molar-refractivity contribution in [1.29, 1.82) is 0 Å². The topological polar surface area (TPSA) is 88.5 Å². The van der Waals surface area contributed by atoms with E-state index in [9.17, 15) is 9.59 Å². The minimum absolute atomic E-state index is 0.0189. The molecule has 0 spiro atoms. The van der Waals surface area contributed by atoms with Crippen molar-refractivity contribution in [3.8, 4) is 5.82 Å². The highest BCUT2D eigenvalue weighted by molar-refractivity contribution is 5.96. The lowest BCUT2D eigenvalue weighted by atomic mass is 10.1. The molecule has 1 aromatic carbocycles. The Kier molecular flexibility index (Phi) is 7.72. The first-order valence-corrected chi connectivity index (χ1v) is 11.6. The molecule has 0 saturated carbocycles. The molecule has 34 heavy (non-hydrogen) atoms. The highest BCUT2D eigenvalue weighted by Gasteiger charge is 2.17. The van der Waals surface area contributed by atoms with Gasteiger partial charge in [-0.2, -0.15) is 0 Å². The Labute approximate surface area is 199 Å². The molecule has 0 atom stereocenters. The van der Waals surface area contributed by atoms with Crippen molar-refractivity contribution in [1.82, 2.24) is 19.8 Å². The van der Waals surface area contributed by atoms with Gasteiger partial charge in [-0.05, 0) is 49.7 Å². The third-order valence-corrected chi connectivity index (χ3v) is 5.98. The number of nitrogens with zero attached hydrogens (tertiary/aromatic N) is 3. The maximum Gasteiger partial charge on any atom is 0.253 e. The third kappa shape index (κ3) is 5.89. The van der Waals surface area contributed by atoms with E-state index in [-0.39, 0.29) is 11.8 Å². The molecule has 8 nitrogen and oxygen atoms in total. The molecule has 2 amide bonds. The van der Waals surface area contributed by atoms with Crippen LogP contribution in [0.3, 0.4) is 0 Å². The summed E-state index contributed by atoms with van der Waals surface area (Å²) in [4.78, 5) is 31.9. The van der Waals surface area contributed by atoms with E-state index in [0.717, 1.165) is 61.3 Å². The van der Waals surface area contributed by atoms with Crippen LogP contribution in [0, 0.1) is 13.8 Å². The number of aromatic nitrogens is 2. The van der Waals surface area contributed by atoms with Crippen molar-refractivity contribution in [2.75, 3.05) is 38.2 Å². The molecule has 3 heterocycles. The Morgan fingerprint density at radius 1 is 1.06 bits per heavy atom. The second kappa shape index (κ2) is 11.1. The predicted molar refractivity (Wildman–Crippen MR) is 131 cm³/mol. The number of ether oxygens (including phenoxy) is 1. The summed E-state index contributed by atoms with van der Waals surface area (Å²) < 4.78 is 7.32. The number of pyridine rings is 1. The van der Waals surface area contributed by atoms with Crippen LogP contribution < -0.4 is 10.6 Å². The molecule has 1 aliphatic rings. The highest BCUT2D eigenvalue weighted by atomic mass is 16.5. The van der Waals surface area contributed by atoms with E-state index in [1.54, 1.807) is 6.20 Å². The average Bonchev–Trinajstić information content (AvgIpc) is 3.16. The zero-order valence-corrected chi connectivity index (χ0v) is 19.7. The fourth-order valence-corrected chi connectivity index (χ4v) is 4.18. The van der Waals surface area contributed by atoms with E-state index >= 15 is 0 Å². The van der Waals surface area contributed by atoms with Crippen LogP contribution in [0.5, 0.6) is 0 Å². The molecular formula is C26H31N5O3. The molecule has 8 heteroatoms. The van der Waals surface area contributed by atoms with Gasteiger partial charge in [-0.25, -0.2) is 4.98 Å². The number of rotatable bonds is 8. The summed E-state index contributed by atoms with van der Waals surface area (Å²) in [6.07, 6.45) is 2.18. The lowest BCUT2D eigenvalue weighted by molar-refractivity contribution is -0.116. The number of morpholine rings is 1. The first kappa shape index (κ1) is 23.7. The van der Waals surface area contributed by atoms with Gasteiger partial charge in [-0.15, -0.1) is 0 Å². The smallest absolute Gasteiger partial charge is 0.253 e. The van der Waals surface area contributed by atoms with Crippen LogP contribution in [0.4, 0.5) is 5.69 Å².